The quantitative estimate of drug-likeness (QED) is 0.141. The zero-order chi connectivity index (χ0) is 36.9. The number of benzene rings is 7. The molecular formula is C48H40N4O2. The molecule has 8 rings (SSSR count). The molecule has 6 nitrogen and oxygen atoms in total. The maximum atomic E-state index is 6.18. The van der Waals surface area contributed by atoms with E-state index in [4.69, 9.17) is 9.15 Å². The topological polar surface area (TPSA) is 54.6 Å². The van der Waals surface area contributed by atoms with E-state index in [2.05, 4.69) is 153 Å². The molecule has 0 saturated carbocycles. The highest BCUT2D eigenvalue weighted by molar-refractivity contribution is 5.81. The fraction of sp³-hybridized carbons (Fsp3) is 0.0833. The predicted molar refractivity (Wildman–Crippen MR) is 220 cm³/mol. The van der Waals surface area contributed by atoms with Crippen LogP contribution in [0.25, 0.3) is 34.0 Å². The molecule has 0 aliphatic rings. The van der Waals surface area contributed by atoms with Crippen LogP contribution in [0.15, 0.2) is 192 Å². The first-order valence-electron chi connectivity index (χ1n) is 18.1. The molecule has 0 saturated heterocycles. The van der Waals surface area contributed by atoms with Gasteiger partial charge in [-0.3, -0.25) is 0 Å². The molecule has 0 aliphatic carbocycles. The lowest BCUT2D eigenvalue weighted by atomic mass is 10.0. The van der Waals surface area contributed by atoms with Crippen LogP contribution < -0.4 is 14.5 Å². The average molecular weight is 705 g/mol. The fourth-order valence-electron chi connectivity index (χ4n) is 6.46. The Kier molecular flexibility index (Phi) is 9.48. The minimum Gasteiger partial charge on any atom is -0.488 e. The van der Waals surface area contributed by atoms with Crippen molar-refractivity contribution in [2.45, 2.75) is 26.4 Å². The Balaban J connectivity index is 1.03. The molecule has 0 radical (unpaired) electrons. The smallest absolute Gasteiger partial charge is 0.248 e. The van der Waals surface area contributed by atoms with Gasteiger partial charge in [-0.1, -0.05) is 78.9 Å². The molecule has 0 N–H and O–H groups in total. The van der Waals surface area contributed by atoms with E-state index in [0.717, 1.165) is 62.1 Å². The third-order valence-electron chi connectivity index (χ3n) is 8.95. The number of aromatic nitrogens is 2. The van der Waals surface area contributed by atoms with Crippen molar-refractivity contribution >= 4 is 34.1 Å². The van der Waals surface area contributed by atoms with E-state index in [9.17, 15) is 0 Å². The monoisotopic (exact) mass is 704 g/mol. The predicted octanol–water partition coefficient (Wildman–Crippen LogP) is 13.2. The Labute approximate surface area is 316 Å². The van der Waals surface area contributed by atoms with Gasteiger partial charge in [-0.25, -0.2) is 0 Å². The molecule has 0 spiro atoms. The van der Waals surface area contributed by atoms with Gasteiger partial charge in [-0.2, -0.15) is 0 Å². The maximum absolute atomic E-state index is 6.18. The molecule has 264 valence electrons. The standard InChI is InChI=1S/C48H40N4O2/c1-48(2,3)54-45-33-25-36(26-34-45)35-19-21-37(22-20-35)46-49-50-47(53-46)38-23-27-42(28-24-38)52(41-17-11-6-12-18-41)44-31-29-43(30-32-44)51(39-13-7-4-8-14-39)40-15-9-5-10-16-40/h4-34H,1-3H3. The second-order valence-electron chi connectivity index (χ2n) is 14.0. The van der Waals surface area contributed by atoms with Crippen molar-refractivity contribution in [1.29, 1.82) is 0 Å². The van der Waals surface area contributed by atoms with Gasteiger partial charge in [-0.05, 0) is 141 Å². The lowest BCUT2D eigenvalue weighted by Gasteiger charge is -2.28. The van der Waals surface area contributed by atoms with Crippen LogP contribution in [-0.4, -0.2) is 15.8 Å². The number of nitrogens with zero attached hydrogens (tertiary/aromatic N) is 4. The molecule has 0 amide bonds. The van der Waals surface area contributed by atoms with Gasteiger partial charge in [0.15, 0.2) is 0 Å². The first kappa shape index (κ1) is 34.2. The first-order valence-corrected chi connectivity index (χ1v) is 18.1. The summed E-state index contributed by atoms with van der Waals surface area (Å²) in [6, 6.07) is 64.5. The van der Waals surface area contributed by atoms with Crippen molar-refractivity contribution in [2.75, 3.05) is 9.80 Å². The molecule has 0 fully saturated rings. The van der Waals surface area contributed by atoms with Gasteiger partial charge in [0.2, 0.25) is 11.8 Å². The summed E-state index contributed by atoms with van der Waals surface area (Å²) in [4.78, 5) is 4.51. The summed E-state index contributed by atoms with van der Waals surface area (Å²) >= 11 is 0. The number of hydrogen-bond donors (Lipinski definition) is 0. The van der Waals surface area contributed by atoms with Crippen molar-refractivity contribution in [3.05, 3.63) is 188 Å². The number of anilines is 6. The molecule has 1 aromatic heterocycles. The molecule has 7 aromatic carbocycles. The van der Waals surface area contributed by atoms with Gasteiger partial charge in [-0.15, -0.1) is 10.2 Å². The second-order valence-corrected chi connectivity index (χ2v) is 14.0. The summed E-state index contributed by atoms with van der Waals surface area (Å²) in [6.07, 6.45) is 0. The van der Waals surface area contributed by atoms with Gasteiger partial charge in [0.1, 0.15) is 11.4 Å². The van der Waals surface area contributed by atoms with Crippen LogP contribution in [-0.2, 0) is 0 Å². The summed E-state index contributed by atoms with van der Waals surface area (Å²) in [5.41, 5.74) is 10.0. The molecule has 0 atom stereocenters. The van der Waals surface area contributed by atoms with Crippen LogP contribution in [0.3, 0.4) is 0 Å². The molecule has 0 aliphatic heterocycles. The lowest BCUT2D eigenvalue weighted by molar-refractivity contribution is 0.131. The Hall–Kier alpha value is -6.92. The number of rotatable bonds is 10. The van der Waals surface area contributed by atoms with Crippen LogP contribution in [0.2, 0.25) is 0 Å². The summed E-state index contributed by atoms with van der Waals surface area (Å²) in [7, 11) is 0. The minimum atomic E-state index is -0.237. The van der Waals surface area contributed by atoms with E-state index in [1.165, 1.54) is 0 Å². The Bertz CT molecular complexity index is 2360. The van der Waals surface area contributed by atoms with E-state index < -0.39 is 0 Å². The van der Waals surface area contributed by atoms with E-state index >= 15 is 0 Å². The Morgan fingerprint density at radius 1 is 0.370 bits per heavy atom. The summed E-state index contributed by atoms with van der Waals surface area (Å²) < 4.78 is 12.2. The normalized spacial score (nSPS) is 11.2. The molecular weight excluding hydrogens is 665 g/mol. The zero-order valence-electron chi connectivity index (χ0n) is 30.5. The van der Waals surface area contributed by atoms with Crippen LogP contribution in [0.1, 0.15) is 20.8 Å². The van der Waals surface area contributed by atoms with Crippen molar-refractivity contribution < 1.29 is 9.15 Å². The minimum absolute atomic E-state index is 0.237. The molecule has 8 aromatic rings. The Morgan fingerprint density at radius 2 is 0.667 bits per heavy atom. The van der Waals surface area contributed by atoms with E-state index in [-0.39, 0.29) is 5.60 Å². The zero-order valence-corrected chi connectivity index (χ0v) is 30.5. The fourth-order valence-corrected chi connectivity index (χ4v) is 6.46. The highest BCUT2D eigenvalue weighted by atomic mass is 16.5. The van der Waals surface area contributed by atoms with Crippen molar-refractivity contribution in [3.63, 3.8) is 0 Å². The van der Waals surface area contributed by atoms with Crippen LogP contribution in [0.5, 0.6) is 5.75 Å². The highest BCUT2D eigenvalue weighted by Gasteiger charge is 2.17. The van der Waals surface area contributed by atoms with Crippen LogP contribution >= 0.6 is 0 Å². The Morgan fingerprint density at radius 3 is 1.04 bits per heavy atom. The van der Waals surface area contributed by atoms with Crippen molar-refractivity contribution in [2.24, 2.45) is 0 Å². The van der Waals surface area contributed by atoms with Crippen molar-refractivity contribution in [3.8, 4) is 39.8 Å². The third-order valence-corrected chi connectivity index (χ3v) is 8.95. The summed E-state index contributed by atoms with van der Waals surface area (Å²) in [6.45, 7) is 6.14. The van der Waals surface area contributed by atoms with E-state index in [0.29, 0.717) is 11.8 Å². The first-order chi connectivity index (χ1) is 26.4. The molecule has 54 heavy (non-hydrogen) atoms. The van der Waals surface area contributed by atoms with Crippen LogP contribution in [0, 0.1) is 0 Å². The van der Waals surface area contributed by atoms with Gasteiger partial charge < -0.3 is 19.0 Å². The number of ether oxygens (including phenoxy) is 1. The van der Waals surface area contributed by atoms with E-state index in [1.807, 2.05) is 75.4 Å². The third kappa shape index (κ3) is 7.64. The second kappa shape index (κ2) is 15.0. The molecule has 0 unspecified atom stereocenters. The number of hydrogen-bond acceptors (Lipinski definition) is 6. The van der Waals surface area contributed by atoms with Gasteiger partial charge >= 0.3 is 0 Å². The SMILES string of the molecule is CC(C)(C)Oc1ccc(-c2ccc(-c3nnc(-c4ccc(N(c5ccccc5)c5ccc(N(c6ccccc6)c6ccccc6)cc5)cc4)o3)cc2)cc1. The van der Waals surface area contributed by atoms with E-state index in [1.54, 1.807) is 0 Å². The van der Waals surface area contributed by atoms with Crippen molar-refractivity contribution in [1.82, 2.24) is 10.2 Å². The van der Waals surface area contributed by atoms with Crippen LogP contribution in [0.4, 0.5) is 34.1 Å². The average Bonchev–Trinajstić information content (AvgIpc) is 3.71. The maximum Gasteiger partial charge on any atom is 0.248 e. The van der Waals surface area contributed by atoms with Gasteiger partial charge in [0.25, 0.3) is 0 Å². The summed E-state index contributed by atoms with van der Waals surface area (Å²) in [5, 5.41) is 8.78. The highest BCUT2D eigenvalue weighted by Crippen LogP contribution is 2.39. The lowest BCUT2D eigenvalue weighted by Crippen LogP contribution is -2.22. The molecule has 1 heterocycles. The molecule has 0 bridgehead atoms. The largest absolute Gasteiger partial charge is 0.488 e. The number of para-hydroxylation sites is 3. The van der Waals surface area contributed by atoms with Gasteiger partial charge in [0, 0.05) is 45.3 Å². The molecule has 6 heteroatoms. The summed E-state index contributed by atoms with van der Waals surface area (Å²) in [5.74, 6) is 1.79. The van der Waals surface area contributed by atoms with Gasteiger partial charge in [0.05, 0.1) is 0 Å².